The second kappa shape index (κ2) is 8.69. The zero-order valence-corrected chi connectivity index (χ0v) is 16.0. The maximum absolute atomic E-state index is 13.2. The Morgan fingerprint density at radius 2 is 1.96 bits per heavy atom. The number of nitrogens with one attached hydrogen (secondary N) is 1. The summed E-state index contributed by atoms with van der Waals surface area (Å²) in [6.07, 6.45) is 5.71. The molecule has 2 rings (SSSR count). The van der Waals surface area contributed by atoms with Crippen LogP contribution in [0.4, 0.5) is 4.79 Å². The molecule has 1 aliphatic heterocycles. The van der Waals surface area contributed by atoms with E-state index in [2.05, 4.69) is 5.32 Å². The number of imide groups is 1. The Hall–Kier alpha value is -2.16. The fourth-order valence-corrected chi connectivity index (χ4v) is 4.43. The zero-order valence-electron chi connectivity index (χ0n) is 16.0. The summed E-state index contributed by atoms with van der Waals surface area (Å²) < 4.78 is 0. The highest BCUT2D eigenvalue weighted by molar-refractivity contribution is 5.99. The molecule has 2 fully saturated rings. The van der Waals surface area contributed by atoms with Gasteiger partial charge in [-0.2, -0.15) is 0 Å². The van der Waals surface area contributed by atoms with Crippen molar-refractivity contribution in [2.75, 3.05) is 13.1 Å². The van der Waals surface area contributed by atoms with E-state index in [1.807, 2.05) is 13.8 Å². The maximum Gasteiger partial charge on any atom is 0.318 e. The molecule has 2 aliphatic rings. The van der Waals surface area contributed by atoms with Gasteiger partial charge in [-0.05, 0) is 24.2 Å². The molecule has 1 aliphatic carbocycles. The first-order chi connectivity index (χ1) is 12.7. The number of carbonyl (C=O) groups is 4. The molecule has 0 aromatic rings. The molecule has 0 bridgehead atoms. The number of rotatable bonds is 7. The molecule has 0 aromatic heterocycles. The molecule has 152 valence electrons. The fourth-order valence-electron chi connectivity index (χ4n) is 4.43. The van der Waals surface area contributed by atoms with Gasteiger partial charge in [0.2, 0.25) is 12.3 Å². The Labute approximate surface area is 159 Å². The van der Waals surface area contributed by atoms with E-state index in [4.69, 9.17) is 5.73 Å². The van der Waals surface area contributed by atoms with Crippen molar-refractivity contribution >= 4 is 24.3 Å². The van der Waals surface area contributed by atoms with Crippen LogP contribution in [0.5, 0.6) is 0 Å². The molecule has 0 unspecified atom stereocenters. The summed E-state index contributed by atoms with van der Waals surface area (Å²) in [5, 5.41) is 12.2. The first-order valence-electron chi connectivity index (χ1n) is 9.47. The predicted octanol–water partition coefficient (Wildman–Crippen LogP) is 0.853. The standard InChI is InChI=1S/C18H30N4O5/c1-18(2)7-8-22(14(18)15(24)20-17(19)26)16(25)13(10-21(27)11-23)9-12-5-3-4-6-12/h11-14,27H,3-10H2,1-2H3,(H3,19,20,24,26)/t13-,14-/m1/s1. The van der Waals surface area contributed by atoms with Crippen LogP contribution in [0.1, 0.15) is 52.4 Å². The molecule has 9 heteroatoms. The smallest absolute Gasteiger partial charge is 0.318 e. The summed E-state index contributed by atoms with van der Waals surface area (Å²) in [7, 11) is 0. The minimum atomic E-state index is -0.958. The lowest BCUT2D eigenvalue weighted by molar-refractivity contribution is -0.158. The summed E-state index contributed by atoms with van der Waals surface area (Å²) >= 11 is 0. The lowest BCUT2D eigenvalue weighted by atomic mass is 9.83. The van der Waals surface area contributed by atoms with Crippen LogP contribution in [0.25, 0.3) is 0 Å². The van der Waals surface area contributed by atoms with Gasteiger partial charge in [0.05, 0.1) is 12.5 Å². The van der Waals surface area contributed by atoms with Crippen molar-refractivity contribution in [1.29, 1.82) is 0 Å². The van der Waals surface area contributed by atoms with Gasteiger partial charge in [0.15, 0.2) is 0 Å². The average molecular weight is 382 g/mol. The van der Waals surface area contributed by atoms with Crippen molar-refractivity contribution in [3.8, 4) is 0 Å². The second-order valence-electron chi connectivity index (χ2n) is 8.34. The van der Waals surface area contributed by atoms with Crippen molar-refractivity contribution in [3.05, 3.63) is 0 Å². The summed E-state index contributed by atoms with van der Waals surface area (Å²) in [5.74, 6) is -1.11. The SMILES string of the molecule is CC1(C)CCN(C(=O)[C@H](CC2CCCC2)CN(O)C=O)[C@@H]1C(=O)NC(N)=O. The molecule has 1 heterocycles. The number of amides is 5. The molecule has 9 nitrogen and oxygen atoms in total. The Morgan fingerprint density at radius 1 is 1.33 bits per heavy atom. The average Bonchev–Trinajstić information content (AvgIpc) is 3.19. The highest BCUT2D eigenvalue weighted by Gasteiger charge is 2.48. The summed E-state index contributed by atoms with van der Waals surface area (Å²) in [6, 6.07) is -1.79. The van der Waals surface area contributed by atoms with Gasteiger partial charge in [0, 0.05) is 6.54 Å². The van der Waals surface area contributed by atoms with Gasteiger partial charge in [-0.25, -0.2) is 9.86 Å². The second-order valence-corrected chi connectivity index (χ2v) is 8.34. The topological polar surface area (TPSA) is 133 Å². The highest BCUT2D eigenvalue weighted by Crippen LogP contribution is 2.38. The van der Waals surface area contributed by atoms with Crippen LogP contribution in [-0.4, -0.2) is 58.6 Å². The monoisotopic (exact) mass is 382 g/mol. The van der Waals surface area contributed by atoms with E-state index >= 15 is 0 Å². The Balaban J connectivity index is 2.20. The van der Waals surface area contributed by atoms with E-state index < -0.39 is 29.3 Å². The van der Waals surface area contributed by atoms with Gasteiger partial charge < -0.3 is 10.6 Å². The molecule has 0 aromatic carbocycles. The van der Waals surface area contributed by atoms with Crippen molar-refractivity contribution < 1.29 is 24.4 Å². The predicted molar refractivity (Wildman–Crippen MR) is 96.2 cm³/mol. The number of nitrogens with zero attached hydrogens (tertiary/aromatic N) is 2. The molecule has 0 radical (unpaired) electrons. The molecule has 0 spiro atoms. The summed E-state index contributed by atoms with van der Waals surface area (Å²) in [6.45, 7) is 3.98. The number of urea groups is 1. The number of likely N-dealkylation sites (tertiary alicyclic amines) is 1. The maximum atomic E-state index is 13.2. The Bertz CT molecular complexity index is 588. The van der Waals surface area contributed by atoms with E-state index in [1.165, 1.54) is 4.90 Å². The van der Waals surface area contributed by atoms with Crippen molar-refractivity contribution in [2.45, 2.75) is 58.4 Å². The quantitative estimate of drug-likeness (QED) is 0.341. The molecular formula is C18H30N4O5. The van der Waals surface area contributed by atoms with Crippen molar-refractivity contribution in [2.24, 2.45) is 23.0 Å². The van der Waals surface area contributed by atoms with Gasteiger partial charge in [0.25, 0.3) is 5.91 Å². The molecule has 1 saturated carbocycles. The van der Waals surface area contributed by atoms with Crippen LogP contribution in [-0.2, 0) is 14.4 Å². The van der Waals surface area contributed by atoms with Crippen LogP contribution >= 0.6 is 0 Å². The van der Waals surface area contributed by atoms with Crippen molar-refractivity contribution in [1.82, 2.24) is 15.3 Å². The van der Waals surface area contributed by atoms with Gasteiger partial charge in [0.1, 0.15) is 6.04 Å². The Morgan fingerprint density at radius 3 is 2.52 bits per heavy atom. The number of carbonyl (C=O) groups excluding carboxylic acids is 4. The highest BCUT2D eigenvalue weighted by atomic mass is 16.5. The fraction of sp³-hybridized carbons (Fsp3) is 0.778. The summed E-state index contributed by atoms with van der Waals surface area (Å²) in [5.41, 5.74) is 4.55. The van der Waals surface area contributed by atoms with Gasteiger partial charge >= 0.3 is 6.03 Å². The van der Waals surface area contributed by atoms with Gasteiger partial charge in [-0.15, -0.1) is 0 Å². The molecule has 2 atom stereocenters. The third-order valence-electron chi connectivity index (χ3n) is 5.80. The van der Waals surface area contributed by atoms with E-state index in [1.54, 1.807) is 0 Å². The number of hydrogen-bond acceptors (Lipinski definition) is 5. The molecule has 27 heavy (non-hydrogen) atoms. The normalized spacial score (nSPS) is 23.1. The van der Waals surface area contributed by atoms with E-state index in [9.17, 15) is 24.4 Å². The van der Waals surface area contributed by atoms with E-state index in [0.717, 1.165) is 25.7 Å². The minimum Gasteiger partial charge on any atom is -0.351 e. The first-order valence-corrected chi connectivity index (χ1v) is 9.47. The molecule has 5 amide bonds. The first kappa shape index (κ1) is 21.1. The zero-order chi connectivity index (χ0) is 20.2. The Kier molecular flexibility index (Phi) is 6.80. The van der Waals surface area contributed by atoms with Crippen LogP contribution in [0, 0.1) is 17.3 Å². The van der Waals surface area contributed by atoms with Gasteiger partial charge in [-0.3, -0.25) is 24.9 Å². The number of nitrogens with two attached hydrogens (primary N) is 1. The number of primary amides is 1. The van der Waals surface area contributed by atoms with E-state index in [0.29, 0.717) is 30.4 Å². The minimum absolute atomic E-state index is 0.111. The van der Waals surface area contributed by atoms with Crippen LogP contribution < -0.4 is 11.1 Å². The molecule has 4 N–H and O–H groups in total. The third-order valence-corrected chi connectivity index (χ3v) is 5.80. The van der Waals surface area contributed by atoms with Crippen LogP contribution in [0.3, 0.4) is 0 Å². The summed E-state index contributed by atoms with van der Waals surface area (Å²) in [4.78, 5) is 49.2. The largest absolute Gasteiger partial charge is 0.351 e. The van der Waals surface area contributed by atoms with Crippen molar-refractivity contribution in [3.63, 3.8) is 0 Å². The number of hydrogen-bond donors (Lipinski definition) is 3. The molecule has 1 saturated heterocycles. The third kappa shape index (κ3) is 5.18. The van der Waals surface area contributed by atoms with Crippen LogP contribution in [0.15, 0.2) is 0 Å². The number of hydroxylamine groups is 2. The van der Waals surface area contributed by atoms with Crippen LogP contribution in [0.2, 0.25) is 0 Å². The molecular weight excluding hydrogens is 352 g/mol. The van der Waals surface area contributed by atoms with E-state index in [-0.39, 0.29) is 18.9 Å². The lowest BCUT2D eigenvalue weighted by Crippen LogP contribution is -2.55. The van der Waals surface area contributed by atoms with Gasteiger partial charge in [-0.1, -0.05) is 39.5 Å². The lowest BCUT2D eigenvalue weighted by Gasteiger charge is -2.34.